The van der Waals surface area contributed by atoms with E-state index in [1.54, 1.807) is 0 Å². The van der Waals surface area contributed by atoms with Gasteiger partial charge in [0.1, 0.15) is 0 Å². The number of nitrogens with two attached hydrogens (primary N) is 1. The summed E-state index contributed by atoms with van der Waals surface area (Å²) < 4.78 is 13.4. The molecule has 0 saturated heterocycles. The molecule has 1 fully saturated rings. The fraction of sp³-hybridized carbons (Fsp3) is 0.636. The Labute approximate surface area is 100.0 Å². The van der Waals surface area contributed by atoms with Gasteiger partial charge in [-0.3, -0.25) is 5.43 Å². The van der Waals surface area contributed by atoms with E-state index in [9.17, 15) is 4.39 Å². The molecular weight excluding hydrogens is 221 g/mol. The van der Waals surface area contributed by atoms with Crippen LogP contribution in [0.5, 0.6) is 0 Å². The lowest BCUT2D eigenvalue weighted by atomic mass is 9.98. The van der Waals surface area contributed by atoms with Crippen molar-refractivity contribution in [3.05, 3.63) is 12.0 Å². The van der Waals surface area contributed by atoms with Crippen LogP contribution in [0.25, 0.3) is 0 Å². The zero-order valence-electron chi connectivity index (χ0n) is 9.91. The normalized spacial score (nSPS) is 23.7. The molecule has 6 heteroatoms. The van der Waals surface area contributed by atoms with Gasteiger partial charge in [-0.1, -0.05) is 19.8 Å². The predicted molar refractivity (Wildman–Crippen MR) is 64.8 cm³/mol. The van der Waals surface area contributed by atoms with E-state index in [0.717, 1.165) is 12.7 Å². The fourth-order valence-electron chi connectivity index (χ4n) is 2.31. The highest BCUT2D eigenvalue weighted by atomic mass is 19.1. The van der Waals surface area contributed by atoms with Crippen molar-refractivity contribution in [2.75, 3.05) is 17.3 Å². The Hall–Kier alpha value is -1.43. The summed E-state index contributed by atoms with van der Waals surface area (Å²) in [5.74, 6) is 6.46. The predicted octanol–water partition coefficient (Wildman–Crippen LogP) is 1.75. The van der Waals surface area contributed by atoms with Crippen molar-refractivity contribution in [3.63, 3.8) is 0 Å². The van der Waals surface area contributed by atoms with Gasteiger partial charge in [0.2, 0.25) is 5.95 Å². The molecule has 0 amide bonds. The zero-order chi connectivity index (χ0) is 12.3. The molecule has 0 aliphatic heterocycles. The molecule has 0 aromatic carbocycles. The summed E-state index contributed by atoms with van der Waals surface area (Å²) >= 11 is 0. The Balaban J connectivity index is 1.98. The summed E-state index contributed by atoms with van der Waals surface area (Å²) in [6.07, 6.45) is 4.83. The first-order valence-electron chi connectivity index (χ1n) is 5.93. The number of hydrogen-bond donors (Lipinski definition) is 3. The van der Waals surface area contributed by atoms with E-state index >= 15 is 0 Å². The second-order valence-electron chi connectivity index (χ2n) is 4.58. The molecule has 1 saturated carbocycles. The second-order valence-corrected chi connectivity index (χ2v) is 4.58. The molecule has 94 valence electrons. The van der Waals surface area contributed by atoms with Gasteiger partial charge in [-0.15, -0.1) is 0 Å². The molecule has 1 aliphatic carbocycles. The van der Waals surface area contributed by atoms with Crippen LogP contribution in [0.1, 0.15) is 26.2 Å². The Morgan fingerprint density at radius 1 is 1.53 bits per heavy atom. The molecule has 4 N–H and O–H groups in total. The number of nitrogens with zero attached hydrogens (tertiary/aromatic N) is 2. The van der Waals surface area contributed by atoms with Crippen molar-refractivity contribution in [2.45, 2.75) is 26.2 Å². The van der Waals surface area contributed by atoms with Crippen molar-refractivity contribution in [3.8, 4) is 0 Å². The molecule has 0 radical (unpaired) electrons. The molecule has 0 bridgehead atoms. The SMILES string of the molecule is CC1CCCC1CNc1nc(NN)ncc1F. The van der Waals surface area contributed by atoms with E-state index in [0.29, 0.717) is 11.8 Å². The van der Waals surface area contributed by atoms with E-state index in [1.807, 2.05) is 0 Å². The quantitative estimate of drug-likeness (QED) is 0.551. The van der Waals surface area contributed by atoms with Gasteiger partial charge in [-0.25, -0.2) is 15.2 Å². The molecule has 1 heterocycles. The third-order valence-corrected chi connectivity index (χ3v) is 3.44. The van der Waals surface area contributed by atoms with Crippen LogP contribution >= 0.6 is 0 Å². The van der Waals surface area contributed by atoms with E-state index in [2.05, 4.69) is 27.6 Å². The highest BCUT2D eigenvalue weighted by Crippen LogP contribution is 2.31. The van der Waals surface area contributed by atoms with E-state index < -0.39 is 5.82 Å². The number of anilines is 2. The fourth-order valence-corrected chi connectivity index (χ4v) is 2.31. The summed E-state index contributed by atoms with van der Waals surface area (Å²) in [4.78, 5) is 7.63. The van der Waals surface area contributed by atoms with Crippen LogP contribution in [0.15, 0.2) is 6.20 Å². The average Bonchev–Trinajstić information content (AvgIpc) is 2.74. The molecule has 1 aliphatic rings. The second kappa shape index (κ2) is 5.27. The standard InChI is InChI=1S/C11H18FN5/c1-7-3-2-4-8(7)5-14-10-9(12)6-15-11(16-10)17-13/h6-8H,2-5,13H2,1H3,(H2,14,15,16,17). The van der Waals surface area contributed by atoms with Crippen molar-refractivity contribution in [1.29, 1.82) is 0 Å². The zero-order valence-corrected chi connectivity index (χ0v) is 9.91. The summed E-state index contributed by atoms with van der Waals surface area (Å²) in [5.41, 5.74) is 2.30. The third kappa shape index (κ3) is 2.82. The van der Waals surface area contributed by atoms with Crippen LogP contribution in [0.4, 0.5) is 16.2 Å². The van der Waals surface area contributed by atoms with Gasteiger partial charge in [-0.05, 0) is 18.3 Å². The molecule has 17 heavy (non-hydrogen) atoms. The molecule has 2 rings (SSSR count). The van der Waals surface area contributed by atoms with E-state index in [-0.39, 0.29) is 11.8 Å². The smallest absolute Gasteiger partial charge is 0.239 e. The van der Waals surface area contributed by atoms with Crippen molar-refractivity contribution < 1.29 is 4.39 Å². The number of nitrogens with one attached hydrogen (secondary N) is 2. The summed E-state index contributed by atoms with van der Waals surface area (Å²) in [6.45, 7) is 2.99. The highest BCUT2D eigenvalue weighted by molar-refractivity contribution is 5.40. The van der Waals surface area contributed by atoms with Crippen molar-refractivity contribution >= 4 is 11.8 Å². The number of rotatable bonds is 4. The number of hydrazine groups is 1. The molecular formula is C11H18FN5. The molecule has 2 unspecified atom stereocenters. The Bertz CT molecular complexity index is 384. The summed E-state index contributed by atoms with van der Waals surface area (Å²) in [7, 11) is 0. The van der Waals surface area contributed by atoms with Gasteiger partial charge < -0.3 is 5.32 Å². The van der Waals surface area contributed by atoms with Gasteiger partial charge in [-0.2, -0.15) is 4.98 Å². The maximum Gasteiger partial charge on any atom is 0.239 e. The minimum Gasteiger partial charge on any atom is -0.367 e. The van der Waals surface area contributed by atoms with Crippen molar-refractivity contribution in [1.82, 2.24) is 9.97 Å². The topological polar surface area (TPSA) is 75.9 Å². The minimum absolute atomic E-state index is 0.215. The first-order valence-corrected chi connectivity index (χ1v) is 5.93. The highest BCUT2D eigenvalue weighted by Gasteiger charge is 2.23. The van der Waals surface area contributed by atoms with Gasteiger partial charge >= 0.3 is 0 Å². The van der Waals surface area contributed by atoms with Crippen LogP contribution in [0.3, 0.4) is 0 Å². The Morgan fingerprint density at radius 3 is 3.00 bits per heavy atom. The van der Waals surface area contributed by atoms with Crippen molar-refractivity contribution in [2.24, 2.45) is 17.7 Å². The van der Waals surface area contributed by atoms with E-state index in [4.69, 9.17) is 5.84 Å². The minimum atomic E-state index is -0.449. The Kier molecular flexibility index (Phi) is 3.73. The van der Waals surface area contributed by atoms with Crippen LogP contribution in [-0.2, 0) is 0 Å². The summed E-state index contributed by atoms with van der Waals surface area (Å²) in [6, 6.07) is 0. The van der Waals surface area contributed by atoms with Crippen LogP contribution < -0.4 is 16.6 Å². The van der Waals surface area contributed by atoms with Gasteiger partial charge in [0.15, 0.2) is 11.6 Å². The number of aromatic nitrogens is 2. The maximum atomic E-state index is 13.4. The first-order chi connectivity index (χ1) is 8.20. The number of hydrogen-bond acceptors (Lipinski definition) is 5. The van der Waals surface area contributed by atoms with Gasteiger partial charge in [0.25, 0.3) is 0 Å². The lowest BCUT2D eigenvalue weighted by Crippen LogP contribution is -2.19. The molecule has 2 atom stereocenters. The maximum absolute atomic E-state index is 13.4. The number of nitrogen functional groups attached to an aromatic ring is 1. The van der Waals surface area contributed by atoms with Gasteiger partial charge in [0.05, 0.1) is 6.20 Å². The molecule has 5 nitrogen and oxygen atoms in total. The van der Waals surface area contributed by atoms with Crippen LogP contribution in [-0.4, -0.2) is 16.5 Å². The Morgan fingerprint density at radius 2 is 2.35 bits per heavy atom. The lowest BCUT2D eigenvalue weighted by molar-refractivity contribution is 0.438. The summed E-state index contributed by atoms with van der Waals surface area (Å²) in [5, 5.41) is 3.04. The monoisotopic (exact) mass is 239 g/mol. The van der Waals surface area contributed by atoms with Crippen LogP contribution in [0.2, 0.25) is 0 Å². The third-order valence-electron chi connectivity index (χ3n) is 3.44. The average molecular weight is 239 g/mol. The molecule has 0 spiro atoms. The number of halogens is 1. The largest absolute Gasteiger partial charge is 0.367 e. The van der Waals surface area contributed by atoms with Crippen LogP contribution in [0, 0.1) is 17.7 Å². The molecule has 1 aromatic heterocycles. The molecule has 1 aromatic rings. The first kappa shape index (κ1) is 12.0. The van der Waals surface area contributed by atoms with E-state index in [1.165, 1.54) is 19.3 Å². The van der Waals surface area contributed by atoms with Gasteiger partial charge in [0, 0.05) is 6.54 Å². The lowest BCUT2D eigenvalue weighted by Gasteiger charge is -2.16.